The zero-order valence-electron chi connectivity index (χ0n) is 19.7. The second-order valence-corrected chi connectivity index (χ2v) is 10.8. The average molecular weight is 543 g/mol. The van der Waals surface area contributed by atoms with Gasteiger partial charge in [0, 0.05) is 20.8 Å². The molecular weight excluding hydrogens is 516 g/mol. The van der Waals surface area contributed by atoms with Crippen molar-refractivity contribution in [3.63, 3.8) is 0 Å². The summed E-state index contributed by atoms with van der Waals surface area (Å²) in [7, 11) is 1.64. The summed E-state index contributed by atoms with van der Waals surface area (Å²) in [6, 6.07) is 11.7. The Balaban J connectivity index is 1.80. The summed E-state index contributed by atoms with van der Waals surface area (Å²) in [5.74, 6) is 0.700. The molecular formula is C26H27BrN2O4S. The molecule has 2 aromatic carbocycles. The molecule has 4 rings (SSSR count). The number of hydrogen-bond acceptors (Lipinski definition) is 5. The van der Waals surface area contributed by atoms with Gasteiger partial charge in [-0.25, -0.2) is 4.79 Å². The predicted molar refractivity (Wildman–Crippen MR) is 142 cm³/mol. The first kappa shape index (κ1) is 24.3. The van der Waals surface area contributed by atoms with Gasteiger partial charge < -0.3 is 19.8 Å². The monoisotopic (exact) mass is 542 g/mol. The van der Waals surface area contributed by atoms with Crippen LogP contribution in [0, 0.1) is 0 Å². The molecule has 0 bridgehead atoms. The van der Waals surface area contributed by atoms with Crippen LogP contribution in [0.1, 0.15) is 45.7 Å². The Morgan fingerprint density at radius 1 is 1.21 bits per heavy atom. The normalized spacial score (nSPS) is 12.6. The first-order valence-electron chi connectivity index (χ1n) is 11.0. The summed E-state index contributed by atoms with van der Waals surface area (Å²) in [5, 5.41) is 6.69. The minimum absolute atomic E-state index is 0.108. The molecule has 2 N–H and O–H groups in total. The number of ether oxygens (including phenoxy) is 2. The minimum atomic E-state index is -0.556. The van der Waals surface area contributed by atoms with Crippen LogP contribution < -0.4 is 15.6 Å². The molecule has 4 aromatic rings. The van der Waals surface area contributed by atoms with Gasteiger partial charge in [-0.05, 0) is 71.8 Å². The summed E-state index contributed by atoms with van der Waals surface area (Å²) in [6.45, 7) is 7.55. The fourth-order valence-electron chi connectivity index (χ4n) is 4.07. The molecule has 34 heavy (non-hydrogen) atoms. The van der Waals surface area contributed by atoms with Crippen molar-refractivity contribution in [2.24, 2.45) is 0 Å². The first-order chi connectivity index (χ1) is 16.1. The third kappa shape index (κ3) is 4.70. The van der Waals surface area contributed by atoms with E-state index in [9.17, 15) is 9.59 Å². The number of thiophene rings is 1. The van der Waals surface area contributed by atoms with Gasteiger partial charge >= 0.3 is 6.09 Å². The number of H-pyrrole nitrogens is 1. The van der Waals surface area contributed by atoms with Crippen LogP contribution in [-0.4, -0.2) is 23.8 Å². The van der Waals surface area contributed by atoms with E-state index in [2.05, 4.69) is 26.2 Å². The molecule has 0 saturated heterocycles. The predicted octanol–water partition coefficient (Wildman–Crippen LogP) is 7.16. The number of fused-ring (bicyclic) bond motifs is 3. The van der Waals surface area contributed by atoms with Crippen LogP contribution in [0.25, 0.3) is 32.1 Å². The smallest absolute Gasteiger partial charge is 0.408 e. The van der Waals surface area contributed by atoms with Gasteiger partial charge in [-0.2, -0.15) is 0 Å². The van der Waals surface area contributed by atoms with Crippen molar-refractivity contribution in [3.8, 4) is 16.9 Å². The van der Waals surface area contributed by atoms with Crippen LogP contribution in [0.15, 0.2) is 51.0 Å². The largest absolute Gasteiger partial charge is 0.496 e. The third-order valence-corrected chi connectivity index (χ3v) is 7.08. The van der Waals surface area contributed by atoms with E-state index in [1.807, 2.05) is 69.5 Å². The van der Waals surface area contributed by atoms with Crippen LogP contribution in [0.2, 0.25) is 0 Å². The average Bonchev–Trinajstić information content (AvgIpc) is 3.28. The third-order valence-electron chi connectivity index (χ3n) is 5.54. The molecule has 178 valence electrons. The van der Waals surface area contributed by atoms with Gasteiger partial charge in [-0.1, -0.05) is 31.2 Å². The van der Waals surface area contributed by atoms with E-state index in [-0.39, 0.29) is 11.6 Å². The molecule has 0 aliphatic rings. The molecule has 0 aliphatic heterocycles. The Morgan fingerprint density at radius 3 is 2.53 bits per heavy atom. The number of benzene rings is 2. The standard InChI is InChI=1S/C26H27BrN2O4S/c1-6-18(28-25(31)33-26(2,3)4)14-7-9-15(10-8-14)20-19(32-5)13-17(27)22-21(20)16-11-12-34-23(16)24(30)29-22/h7-13,18H,6H2,1-5H3,(H,28,31)(H,29,30)/t18-/m1/s1. The Labute approximate surface area is 210 Å². The molecule has 6 nitrogen and oxygen atoms in total. The maximum Gasteiger partial charge on any atom is 0.408 e. The summed E-state index contributed by atoms with van der Waals surface area (Å²) in [4.78, 5) is 27.9. The fraction of sp³-hybridized carbons (Fsp3) is 0.308. The lowest BCUT2D eigenvalue weighted by Gasteiger charge is -2.23. The highest BCUT2D eigenvalue weighted by atomic mass is 79.9. The summed E-state index contributed by atoms with van der Waals surface area (Å²) >= 11 is 5.01. The number of aromatic amines is 1. The quantitative estimate of drug-likeness (QED) is 0.280. The van der Waals surface area contributed by atoms with Crippen molar-refractivity contribution in [3.05, 3.63) is 62.2 Å². The van der Waals surface area contributed by atoms with E-state index in [1.165, 1.54) is 11.3 Å². The van der Waals surface area contributed by atoms with Crippen LogP contribution in [0.5, 0.6) is 5.75 Å². The highest BCUT2D eigenvalue weighted by Gasteiger charge is 2.21. The molecule has 0 aliphatic carbocycles. The van der Waals surface area contributed by atoms with Gasteiger partial charge in [0.2, 0.25) is 0 Å². The van der Waals surface area contributed by atoms with Crippen molar-refractivity contribution in [2.75, 3.05) is 7.11 Å². The van der Waals surface area contributed by atoms with Gasteiger partial charge in [0.25, 0.3) is 5.56 Å². The molecule has 0 radical (unpaired) electrons. The highest BCUT2D eigenvalue weighted by molar-refractivity contribution is 9.10. The number of rotatable bonds is 5. The Bertz CT molecular complexity index is 1420. The van der Waals surface area contributed by atoms with Crippen LogP contribution in [-0.2, 0) is 4.74 Å². The zero-order valence-corrected chi connectivity index (χ0v) is 22.1. The first-order valence-corrected chi connectivity index (χ1v) is 12.7. The molecule has 1 atom stereocenters. The number of amides is 1. The van der Waals surface area contributed by atoms with Crippen molar-refractivity contribution in [1.82, 2.24) is 10.3 Å². The molecule has 0 unspecified atom stereocenters. The molecule has 2 heterocycles. The lowest BCUT2D eigenvalue weighted by Crippen LogP contribution is -2.34. The summed E-state index contributed by atoms with van der Waals surface area (Å²) in [6.07, 6.45) is 0.285. The van der Waals surface area contributed by atoms with Crippen molar-refractivity contribution >= 4 is 54.3 Å². The van der Waals surface area contributed by atoms with E-state index < -0.39 is 11.7 Å². The lowest BCUT2D eigenvalue weighted by molar-refractivity contribution is 0.0502. The van der Waals surface area contributed by atoms with E-state index in [0.29, 0.717) is 10.4 Å². The van der Waals surface area contributed by atoms with Crippen molar-refractivity contribution in [1.29, 1.82) is 0 Å². The Morgan fingerprint density at radius 2 is 1.91 bits per heavy atom. The van der Waals surface area contributed by atoms with Gasteiger partial charge in [0.05, 0.1) is 18.7 Å². The topological polar surface area (TPSA) is 80.4 Å². The second-order valence-electron chi connectivity index (χ2n) is 9.03. The minimum Gasteiger partial charge on any atom is -0.496 e. The number of hydrogen-bond donors (Lipinski definition) is 2. The van der Waals surface area contributed by atoms with Crippen molar-refractivity contribution < 1.29 is 14.3 Å². The number of halogens is 1. The number of carbonyl (C=O) groups is 1. The van der Waals surface area contributed by atoms with E-state index >= 15 is 0 Å². The number of carbonyl (C=O) groups excluding carboxylic acids is 1. The lowest BCUT2D eigenvalue weighted by atomic mass is 9.95. The number of methoxy groups -OCH3 is 1. The number of aromatic nitrogens is 1. The van der Waals surface area contributed by atoms with Crippen LogP contribution in [0.3, 0.4) is 0 Å². The maximum absolute atomic E-state index is 12.6. The molecule has 0 spiro atoms. The van der Waals surface area contributed by atoms with Gasteiger partial charge in [0.1, 0.15) is 16.1 Å². The molecule has 0 fully saturated rings. The van der Waals surface area contributed by atoms with Gasteiger partial charge in [0.15, 0.2) is 0 Å². The molecule has 8 heteroatoms. The number of pyridine rings is 1. The maximum atomic E-state index is 12.6. The zero-order chi connectivity index (χ0) is 24.6. The summed E-state index contributed by atoms with van der Waals surface area (Å²) < 4.78 is 12.6. The Hall–Kier alpha value is -2.84. The summed E-state index contributed by atoms with van der Waals surface area (Å²) in [5.41, 5.74) is 2.90. The SMILES string of the molecule is CC[C@@H](NC(=O)OC(C)(C)C)c1ccc(-c2c(OC)cc(Br)c3[nH]c(=O)c4sccc4c23)cc1. The molecule has 2 aromatic heterocycles. The number of alkyl carbamates (subject to hydrolysis) is 1. The Kier molecular flexibility index (Phi) is 6.73. The van der Waals surface area contributed by atoms with Gasteiger partial charge in [-0.3, -0.25) is 4.79 Å². The molecule has 0 saturated carbocycles. The van der Waals surface area contributed by atoms with Crippen molar-refractivity contribution in [2.45, 2.75) is 45.8 Å². The molecule has 1 amide bonds. The van der Waals surface area contributed by atoms with Crippen LogP contribution >= 0.6 is 27.3 Å². The van der Waals surface area contributed by atoms with Crippen LogP contribution in [0.4, 0.5) is 4.79 Å². The second kappa shape index (κ2) is 9.43. The number of nitrogens with one attached hydrogen (secondary N) is 2. The fourth-order valence-corrected chi connectivity index (χ4v) is 5.37. The van der Waals surface area contributed by atoms with Gasteiger partial charge in [-0.15, -0.1) is 11.3 Å². The highest BCUT2D eigenvalue weighted by Crippen LogP contribution is 2.43. The van der Waals surface area contributed by atoms with E-state index in [1.54, 1.807) is 7.11 Å². The van der Waals surface area contributed by atoms with E-state index in [0.717, 1.165) is 43.9 Å². The van der Waals surface area contributed by atoms with E-state index in [4.69, 9.17) is 9.47 Å².